The monoisotopic (exact) mass is 316 g/mol. The van der Waals surface area contributed by atoms with E-state index in [1.807, 2.05) is 0 Å². The second kappa shape index (κ2) is 7.40. The number of aryl methyl sites for hydroxylation is 1. The number of urea groups is 1. The Bertz CT molecular complexity index is 732. The molecule has 0 aliphatic rings. The number of rotatable bonds is 4. The number of hydrogen-bond donors (Lipinski definition) is 2. The lowest BCUT2D eigenvalue weighted by molar-refractivity contribution is 0.0600. The van der Waals surface area contributed by atoms with Crippen LogP contribution in [0.15, 0.2) is 42.5 Å². The van der Waals surface area contributed by atoms with Gasteiger partial charge < -0.3 is 15.4 Å². The van der Waals surface area contributed by atoms with E-state index in [0.717, 1.165) is 0 Å². The SMILES string of the molecule is COC(=O)c1ccc(NC(=O)NCc2ccccc2F)c(C)c1. The van der Waals surface area contributed by atoms with E-state index in [1.54, 1.807) is 43.3 Å². The Hall–Kier alpha value is -2.89. The number of anilines is 1. The minimum atomic E-state index is -0.456. The molecule has 0 aromatic heterocycles. The van der Waals surface area contributed by atoms with Crippen LogP contribution in [-0.2, 0) is 11.3 Å². The van der Waals surface area contributed by atoms with Gasteiger partial charge in [-0.25, -0.2) is 14.0 Å². The Kier molecular flexibility index (Phi) is 5.30. The molecule has 0 atom stereocenters. The highest BCUT2D eigenvalue weighted by Gasteiger charge is 2.10. The predicted octanol–water partition coefficient (Wildman–Crippen LogP) is 3.24. The van der Waals surface area contributed by atoms with Crippen LogP contribution in [0.25, 0.3) is 0 Å². The maximum Gasteiger partial charge on any atom is 0.337 e. The Labute approximate surface area is 133 Å². The summed E-state index contributed by atoms with van der Waals surface area (Å²) >= 11 is 0. The Morgan fingerprint density at radius 1 is 1.17 bits per heavy atom. The molecule has 0 saturated carbocycles. The minimum Gasteiger partial charge on any atom is -0.465 e. The smallest absolute Gasteiger partial charge is 0.337 e. The molecule has 2 N–H and O–H groups in total. The summed E-state index contributed by atoms with van der Waals surface area (Å²) in [5, 5.41) is 5.24. The summed E-state index contributed by atoms with van der Waals surface area (Å²) < 4.78 is 18.1. The second-order valence-corrected chi connectivity index (χ2v) is 4.92. The summed E-state index contributed by atoms with van der Waals surface area (Å²) in [6.07, 6.45) is 0. The molecular formula is C17H17FN2O3. The summed E-state index contributed by atoms with van der Waals surface area (Å²) in [6.45, 7) is 1.84. The molecule has 0 saturated heterocycles. The Morgan fingerprint density at radius 3 is 2.57 bits per heavy atom. The number of methoxy groups -OCH3 is 1. The van der Waals surface area contributed by atoms with Crippen molar-refractivity contribution in [3.8, 4) is 0 Å². The van der Waals surface area contributed by atoms with Crippen LogP contribution >= 0.6 is 0 Å². The first-order valence-corrected chi connectivity index (χ1v) is 6.98. The molecule has 2 aromatic carbocycles. The minimum absolute atomic E-state index is 0.0811. The van der Waals surface area contributed by atoms with Gasteiger partial charge in [-0.2, -0.15) is 0 Å². The Morgan fingerprint density at radius 2 is 1.91 bits per heavy atom. The lowest BCUT2D eigenvalue weighted by atomic mass is 10.1. The zero-order valence-corrected chi connectivity index (χ0v) is 12.9. The summed E-state index contributed by atoms with van der Waals surface area (Å²) in [5.74, 6) is -0.810. The molecular weight excluding hydrogens is 299 g/mol. The zero-order chi connectivity index (χ0) is 16.8. The average molecular weight is 316 g/mol. The van der Waals surface area contributed by atoms with Gasteiger partial charge in [0, 0.05) is 17.8 Å². The van der Waals surface area contributed by atoms with Crippen molar-refractivity contribution in [3.05, 3.63) is 65.0 Å². The van der Waals surface area contributed by atoms with E-state index in [4.69, 9.17) is 0 Å². The van der Waals surface area contributed by atoms with E-state index >= 15 is 0 Å². The highest BCUT2D eigenvalue weighted by molar-refractivity contribution is 5.93. The molecule has 0 aliphatic carbocycles. The standard InChI is InChI=1S/C17H17FN2O3/c1-11-9-12(16(21)23-2)7-8-15(11)20-17(22)19-10-13-5-3-4-6-14(13)18/h3-9H,10H2,1-2H3,(H2,19,20,22). The van der Waals surface area contributed by atoms with Gasteiger partial charge in [0.1, 0.15) is 5.82 Å². The van der Waals surface area contributed by atoms with E-state index in [1.165, 1.54) is 13.2 Å². The highest BCUT2D eigenvalue weighted by Crippen LogP contribution is 2.17. The largest absolute Gasteiger partial charge is 0.465 e. The molecule has 2 amide bonds. The number of esters is 1. The molecule has 6 heteroatoms. The maximum atomic E-state index is 13.5. The third-order valence-corrected chi connectivity index (χ3v) is 3.29. The van der Waals surface area contributed by atoms with Crippen molar-refractivity contribution in [2.75, 3.05) is 12.4 Å². The quantitative estimate of drug-likeness (QED) is 0.851. The molecule has 0 aliphatic heterocycles. The van der Waals surface area contributed by atoms with E-state index in [0.29, 0.717) is 22.4 Å². The first kappa shape index (κ1) is 16.5. The second-order valence-electron chi connectivity index (χ2n) is 4.92. The summed E-state index contributed by atoms with van der Waals surface area (Å²) in [6, 6.07) is 10.6. The molecule has 0 spiro atoms. The van der Waals surface area contributed by atoms with Crippen molar-refractivity contribution >= 4 is 17.7 Å². The molecule has 0 radical (unpaired) electrons. The van der Waals surface area contributed by atoms with Gasteiger partial charge in [-0.15, -0.1) is 0 Å². The molecule has 120 valence electrons. The number of halogens is 1. The van der Waals surface area contributed by atoms with Crippen LogP contribution in [0.3, 0.4) is 0 Å². The normalized spacial score (nSPS) is 10.0. The van der Waals surface area contributed by atoms with Crippen molar-refractivity contribution in [3.63, 3.8) is 0 Å². The van der Waals surface area contributed by atoms with Gasteiger partial charge in [-0.3, -0.25) is 0 Å². The highest BCUT2D eigenvalue weighted by atomic mass is 19.1. The van der Waals surface area contributed by atoms with Gasteiger partial charge in [-0.1, -0.05) is 18.2 Å². The molecule has 23 heavy (non-hydrogen) atoms. The van der Waals surface area contributed by atoms with E-state index < -0.39 is 12.0 Å². The van der Waals surface area contributed by atoms with Crippen LogP contribution in [0.2, 0.25) is 0 Å². The average Bonchev–Trinajstić information content (AvgIpc) is 2.55. The Balaban J connectivity index is 1.98. The van der Waals surface area contributed by atoms with Crippen LogP contribution in [0.4, 0.5) is 14.9 Å². The van der Waals surface area contributed by atoms with Gasteiger partial charge >= 0.3 is 12.0 Å². The summed E-state index contributed by atoms with van der Waals surface area (Å²) in [4.78, 5) is 23.3. The number of amides is 2. The molecule has 2 aromatic rings. The van der Waals surface area contributed by atoms with Gasteiger partial charge in [0.15, 0.2) is 0 Å². The van der Waals surface area contributed by atoms with Crippen LogP contribution in [0.5, 0.6) is 0 Å². The van der Waals surface area contributed by atoms with Crippen molar-refractivity contribution in [2.45, 2.75) is 13.5 Å². The number of hydrogen-bond acceptors (Lipinski definition) is 3. The number of benzene rings is 2. The molecule has 0 unspecified atom stereocenters. The number of ether oxygens (including phenoxy) is 1. The number of carbonyl (C=O) groups is 2. The molecule has 0 fully saturated rings. The van der Waals surface area contributed by atoms with E-state index in [9.17, 15) is 14.0 Å². The van der Waals surface area contributed by atoms with Gasteiger partial charge in [0.25, 0.3) is 0 Å². The zero-order valence-electron chi connectivity index (χ0n) is 12.9. The first-order valence-electron chi connectivity index (χ1n) is 6.98. The lowest BCUT2D eigenvalue weighted by Gasteiger charge is -2.11. The third-order valence-electron chi connectivity index (χ3n) is 3.29. The van der Waals surface area contributed by atoms with Crippen LogP contribution in [0.1, 0.15) is 21.5 Å². The fourth-order valence-corrected chi connectivity index (χ4v) is 2.03. The van der Waals surface area contributed by atoms with Crippen molar-refractivity contribution in [1.82, 2.24) is 5.32 Å². The third kappa shape index (κ3) is 4.29. The molecule has 0 bridgehead atoms. The first-order chi connectivity index (χ1) is 11.0. The van der Waals surface area contributed by atoms with Crippen LogP contribution in [0, 0.1) is 12.7 Å². The fraction of sp³-hybridized carbons (Fsp3) is 0.176. The van der Waals surface area contributed by atoms with Crippen LogP contribution in [-0.4, -0.2) is 19.1 Å². The predicted molar refractivity (Wildman–Crippen MR) is 84.8 cm³/mol. The maximum absolute atomic E-state index is 13.5. The van der Waals surface area contributed by atoms with Gasteiger partial charge in [0.05, 0.1) is 12.7 Å². The van der Waals surface area contributed by atoms with Gasteiger partial charge in [0.2, 0.25) is 0 Å². The van der Waals surface area contributed by atoms with Crippen molar-refractivity contribution < 1.29 is 18.7 Å². The van der Waals surface area contributed by atoms with Gasteiger partial charge in [-0.05, 0) is 36.8 Å². The summed E-state index contributed by atoms with van der Waals surface area (Å²) in [7, 11) is 1.31. The number of carbonyl (C=O) groups excluding carboxylic acids is 2. The van der Waals surface area contributed by atoms with Crippen molar-refractivity contribution in [1.29, 1.82) is 0 Å². The topological polar surface area (TPSA) is 67.4 Å². The van der Waals surface area contributed by atoms with E-state index in [2.05, 4.69) is 15.4 Å². The molecule has 0 heterocycles. The molecule has 2 rings (SSSR count). The molecule has 5 nitrogen and oxygen atoms in total. The lowest BCUT2D eigenvalue weighted by Crippen LogP contribution is -2.28. The number of nitrogens with one attached hydrogen (secondary N) is 2. The van der Waals surface area contributed by atoms with Crippen LogP contribution < -0.4 is 10.6 Å². The fourth-order valence-electron chi connectivity index (χ4n) is 2.03. The van der Waals surface area contributed by atoms with Crippen molar-refractivity contribution in [2.24, 2.45) is 0 Å². The summed E-state index contributed by atoms with van der Waals surface area (Å²) in [5.41, 5.74) is 2.08. The van der Waals surface area contributed by atoms with E-state index in [-0.39, 0.29) is 12.4 Å².